The van der Waals surface area contributed by atoms with E-state index in [2.05, 4.69) is 11.9 Å². The van der Waals surface area contributed by atoms with Crippen molar-refractivity contribution >= 4 is 16.5 Å². The molecule has 1 heterocycles. The molecule has 6 heteroatoms. The summed E-state index contributed by atoms with van der Waals surface area (Å²) in [7, 11) is 0. The SMILES string of the molecule is CCCCN(CC)c1nc(C(F)(F)F)cs1. The molecule has 0 aliphatic heterocycles. The van der Waals surface area contributed by atoms with E-state index in [1.165, 1.54) is 0 Å². The average Bonchev–Trinajstić information content (AvgIpc) is 2.68. The van der Waals surface area contributed by atoms with Gasteiger partial charge in [-0.25, -0.2) is 4.98 Å². The van der Waals surface area contributed by atoms with Gasteiger partial charge in [-0.15, -0.1) is 11.3 Å². The van der Waals surface area contributed by atoms with E-state index in [-0.39, 0.29) is 0 Å². The normalized spacial score (nSPS) is 11.8. The smallest absolute Gasteiger partial charge is 0.348 e. The first-order chi connectivity index (χ1) is 7.49. The van der Waals surface area contributed by atoms with Crippen LogP contribution in [0.5, 0.6) is 0 Å². The fraction of sp³-hybridized carbons (Fsp3) is 0.700. The summed E-state index contributed by atoms with van der Waals surface area (Å²) in [5, 5.41) is 1.53. The highest BCUT2D eigenvalue weighted by molar-refractivity contribution is 7.13. The van der Waals surface area contributed by atoms with Crippen molar-refractivity contribution < 1.29 is 13.2 Å². The molecule has 0 saturated heterocycles. The molecule has 92 valence electrons. The van der Waals surface area contributed by atoms with E-state index in [9.17, 15) is 13.2 Å². The first-order valence-corrected chi connectivity index (χ1v) is 6.14. The zero-order chi connectivity index (χ0) is 12.2. The first kappa shape index (κ1) is 13.3. The molecule has 0 N–H and O–H groups in total. The van der Waals surface area contributed by atoms with E-state index in [1.54, 1.807) is 0 Å². The number of aromatic nitrogens is 1. The zero-order valence-electron chi connectivity index (χ0n) is 9.34. The van der Waals surface area contributed by atoms with Crippen LogP contribution in [-0.4, -0.2) is 18.1 Å². The van der Waals surface area contributed by atoms with Crippen LogP contribution in [0.25, 0.3) is 0 Å². The van der Waals surface area contributed by atoms with E-state index < -0.39 is 11.9 Å². The molecule has 0 aliphatic carbocycles. The maximum absolute atomic E-state index is 12.3. The standard InChI is InChI=1S/C10H15F3N2S/c1-3-5-6-15(4-2)9-14-8(7-16-9)10(11,12)13/h7H,3-6H2,1-2H3. The number of nitrogens with zero attached hydrogens (tertiary/aromatic N) is 2. The van der Waals surface area contributed by atoms with Gasteiger partial charge >= 0.3 is 6.18 Å². The molecule has 16 heavy (non-hydrogen) atoms. The lowest BCUT2D eigenvalue weighted by atomic mass is 10.3. The molecule has 0 unspecified atom stereocenters. The van der Waals surface area contributed by atoms with Crippen LogP contribution in [0.4, 0.5) is 18.3 Å². The molecule has 1 aromatic rings. The van der Waals surface area contributed by atoms with Crippen LogP contribution in [0.1, 0.15) is 32.4 Å². The molecule has 0 amide bonds. The van der Waals surface area contributed by atoms with E-state index in [1.807, 2.05) is 11.8 Å². The summed E-state index contributed by atoms with van der Waals surface area (Å²) < 4.78 is 37.0. The van der Waals surface area contributed by atoms with E-state index in [4.69, 9.17) is 0 Å². The molecule has 0 aliphatic rings. The minimum absolute atomic E-state index is 0.461. The number of halogens is 3. The van der Waals surface area contributed by atoms with Gasteiger partial charge in [-0.3, -0.25) is 0 Å². The molecule has 0 aromatic carbocycles. The molecule has 0 saturated carbocycles. The Morgan fingerprint density at radius 2 is 2.06 bits per heavy atom. The van der Waals surface area contributed by atoms with Crippen LogP contribution in [0.2, 0.25) is 0 Å². The lowest BCUT2D eigenvalue weighted by Crippen LogP contribution is -2.23. The van der Waals surface area contributed by atoms with Crippen molar-refractivity contribution in [3.63, 3.8) is 0 Å². The second-order valence-electron chi connectivity index (χ2n) is 3.45. The van der Waals surface area contributed by atoms with Gasteiger partial charge in [0, 0.05) is 18.5 Å². The van der Waals surface area contributed by atoms with Gasteiger partial charge in [-0.2, -0.15) is 13.2 Å². The second kappa shape index (κ2) is 5.52. The molecule has 2 nitrogen and oxygen atoms in total. The number of rotatable bonds is 5. The van der Waals surface area contributed by atoms with Gasteiger partial charge in [0.15, 0.2) is 10.8 Å². The van der Waals surface area contributed by atoms with Crippen molar-refractivity contribution in [2.75, 3.05) is 18.0 Å². The lowest BCUT2D eigenvalue weighted by molar-refractivity contribution is -0.140. The molecule has 0 bridgehead atoms. The number of thiazole rings is 1. The number of alkyl halides is 3. The molecular formula is C10H15F3N2S. The van der Waals surface area contributed by atoms with Crippen molar-refractivity contribution in [1.82, 2.24) is 4.98 Å². The van der Waals surface area contributed by atoms with E-state index >= 15 is 0 Å². The number of unbranched alkanes of at least 4 members (excludes halogenated alkanes) is 1. The van der Waals surface area contributed by atoms with Gasteiger partial charge in [0.1, 0.15) is 0 Å². The highest BCUT2D eigenvalue weighted by Gasteiger charge is 2.34. The number of anilines is 1. The van der Waals surface area contributed by atoms with Crippen LogP contribution in [0.15, 0.2) is 5.38 Å². The summed E-state index contributed by atoms with van der Waals surface area (Å²) in [6, 6.07) is 0. The van der Waals surface area contributed by atoms with Crippen LogP contribution in [-0.2, 0) is 6.18 Å². The van der Waals surface area contributed by atoms with Gasteiger partial charge in [-0.1, -0.05) is 13.3 Å². The van der Waals surface area contributed by atoms with Gasteiger partial charge < -0.3 is 4.90 Å². The Kier molecular flexibility index (Phi) is 4.58. The van der Waals surface area contributed by atoms with Crippen LogP contribution in [0.3, 0.4) is 0 Å². The monoisotopic (exact) mass is 252 g/mol. The molecule has 0 fully saturated rings. The Hall–Kier alpha value is -0.780. The lowest BCUT2D eigenvalue weighted by Gasteiger charge is -2.19. The van der Waals surface area contributed by atoms with Crippen LogP contribution >= 0.6 is 11.3 Å². The third-order valence-corrected chi connectivity index (χ3v) is 3.12. The van der Waals surface area contributed by atoms with Crippen LogP contribution in [0, 0.1) is 0 Å². The topological polar surface area (TPSA) is 16.1 Å². The average molecular weight is 252 g/mol. The van der Waals surface area contributed by atoms with Crippen molar-refractivity contribution in [2.24, 2.45) is 0 Å². The first-order valence-electron chi connectivity index (χ1n) is 5.26. The fourth-order valence-electron chi connectivity index (χ4n) is 1.28. The molecule has 1 rings (SSSR count). The minimum Gasteiger partial charge on any atom is -0.348 e. The zero-order valence-corrected chi connectivity index (χ0v) is 10.2. The minimum atomic E-state index is -4.33. The summed E-state index contributed by atoms with van der Waals surface area (Å²) in [6.45, 7) is 5.42. The van der Waals surface area contributed by atoms with Gasteiger partial charge in [0.25, 0.3) is 0 Å². The molecule has 0 radical (unpaired) electrons. The molecule has 0 atom stereocenters. The molecule has 0 spiro atoms. The predicted octanol–water partition coefficient (Wildman–Crippen LogP) is 3.79. The van der Waals surface area contributed by atoms with Crippen molar-refractivity contribution in [2.45, 2.75) is 32.9 Å². The maximum atomic E-state index is 12.3. The Bertz CT molecular complexity index is 322. The highest BCUT2D eigenvalue weighted by atomic mass is 32.1. The molecule has 1 aromatic heterocycles. The summed E-state index contributed by atoms with van der Waals surface area (Å²) >= 11 is 1.05. The summed E-state index contributed by atoms with van der Waals surface area (Å²) in [4.78, 5) is 5.50. The Labute approximate surface area is 97.1 Å². The Morgan fingerprint density at radius 3 is 2.50 bits per heavy atom. The van der Waals surface area contributed by atoms with Crippen LogP contribution < -0.4 is 4.90 Å². The summed E-state index contributed by atoms with van der Waals surface area (Å²) in [5.74, 6) is 0. The Morgan fingerprint density at radius 1 is 1.38 bits per heavy atom. The second-order valence-corrected chi connectivity index (χ2v) is 4.28. The quantitative estimate of drug-likeness (QED) is 0.792. The summed E-state index contributed by atoms with van der Waals surface area (Å²) in [5.41, 5.74) is -0.789. The maximum Gasteiger partial charge on any atom is 0.434 e. The predicted molar refractivity (Wildman–Crippen MR) is 59.9 cm³/mol. The third-order valence-electron chi connectivity index (χ3n) is 2.22. The van der Waals surface area contributed by atoms with Gasteiger partial charge in [0.2, 0.25) is 0 Å². The summed E-state index contributed by atoms with van der Waals surface area (Å²) in [6.07, 6.45) is -2.35. The Balaban J connectivity index is 2.75. The van der Waals surface area contributed by atoms with E-state index in [0.717, 1.165) is 36.1 Å². The van der Waals surface area contributed by atoms with Crippen molar-refractivity contribution in [3.8, 4) is 0 Å². The number of hydrogen-bond acceptors (Lipinski definition) is 3. The van der Waals surface area contributed by atoms with Crippen molar-refractivity contribution in [3.05, 3.63) is 11.1 Å². The number of hydrogen-bond donors (Lipinski definition) is 0. The highest BCUT2D eigenvalue weighted by Crippen LogP contribution is 2.32. The van der Waals surface area contributed by atoms with Crippen molar-refractivity contribution in [1.29, 1.82) is 0 Å². The van der Waals surface area contributed by atoms with Gasteiger partial charge in [-0.05, 0) is 13.3 Å². The largest absolute Gasteiger partial charge is 0.434 e. The van der Waals surface area contributed by atoms with Gasteiger partial charge in [0.05, 0.1) is 0 Å². The molecular weight excluding hydrogens is 237 g/mol. The third kappa shape index (κ3) is 3.37. The fourth-order valence-corrected chi connectivity index (χ4v) is 2.20. The van der Waals surface area contributed by atoms with E-state index in [0.29, 0.717) is 11.7 Å².